The van der Waals surface area contributed by atoms with Crippen LogP contribution < -0.4 is 10.6 Å². The molecule has 1 aromatic heterocycles. The quantitative estimate of drug-likeness (QED) is 0.754. The molecule has 0 aliphatic heterocycles. The molecule has 126 valence electrons. The van der Waals surface area contributed by atoms with Crippen molar-refractivity contribution in [2.45, 2.75) is 11.8 Å². The Morgan fingerprint density at radius 2 is 1.72 bits per heavy atom. The lowest BCUT2D eigenvalue weighted by Crippen LogP contribution is -2.24. The summed E-state index contributed by atoms with van der Waals surface area (Å²) in [5, 5.41) is 9.40. The fourth-order valence-electron chi connectivity index (χ4n) is 2.45. The van der Waals surface area contributed by atoms with Crippen molar-refractivity contribution in [2.24, 2.45) is 0 Å². The van der Waals surface area contributed by atoms with Crippen molar-refractivity contribution >= 4 is 15.8 Å². The number of sulfonamides is 1. The topological polar surface area (TPSA) is 101 Å². The molecule has 0 saturated heterocycles. The third-order valence-corrected chi connectivity index (χ3v) is 5.12. The summed E-state index contributed by atoms with van der Waals surface area (Å²) in [4.78, 5) is 2.52. The van der Waals surface area contributed by atoms with Crippen molar-refractivity contribution in [3.8, 4) is 17.2 Å². The number of aromatic nitrogens is 1. The average molecular weight is 352 g/mol. The summed E-state index contributed by atoms with van der Waals surface area (Å²) >= 11 is 0. The standard InChI is InChI=1S/C18H16N4O2S/c1-13-7-9-15(10-8-13)25(23,24)21-22-12-17(16(11-19)18(22)20)14-5-3-2-4-6-14/h2-10,12,21H,20H2,1H3. The highest BCUT2D eigenvalue weighted by Gasteiger charge is 2.19. The zero-order valence-electron chi connectivity index (χ0n) is 13.5. The SMILES string of the molecule is Cc1ccc(S(=O)(=O)Nn2cc(-c3ccccc3)c(C#N)c2N)cc1. The molecule has 0 aliphatic rings. The van der Waals surface area contributed by atoms with Gasteiger partial charge in [0, 0.05) is 11.8 Å². The lowest BCUT2D eigenvalue weighted by Gasteiger charge is -2.10. The molecule has 0 unspecified atom stereocenters. The Morgan fingerprint density at radius 3 is 2.32 bits per heavy atom. The van der Waals surface area contributed by atoms with E-state index < -0.39 is 10.0 Å². The number of nitrogens with two attached hydrogens (primary N) is 1. The van der Waals surface area contributed by atoms with E-state index in [1.165, 1.54) is 18.3 Å². The maximum absolute atomic E-state index is 12.5. The van der Waals surface area contributed by atoms with Gasteiger partial charge in [0.25, 0.3) is 10.0 Å². The van der Waals surface area contributed by atoms with E-state index >= 15 is 0 Å². The molecule has 2 aromatic carbocycles. The van der Waals surface area contributed by atoms with Crippen molar-refractivity contribution in [1.82, 2.24) is 4.68 Å². The van der Waals surface area contributed by atoms with Gasteiger partial charge in [-0.25, -0.2) is 9.51 Å². The summed E-state index contributed by atoms with van der Waals surface area (Å²) in [6.07, 6.45) is 1.51. The summed E-state index contributed by atoms with van der Waals surface area (Å²) in [7, 11) is -3.82. The highest BCUT2D eigenvalue weighted by atomic mass is 32.2. The van der Waals surface area contributed by atoms with Crippen molar-refractivity contribution in [1.29, 1.82) is 5.26 Å². The zero-order chi connectivity index (χ0) is 18.0. The molecule has 0 radical (unpaired) electrons. The fourth-order valence-corrected chi connectivity index (χ4v) is 3.46. The molecule has 0 bridgehead atoms. The molecular formula is C18H16N4O2S. The lowest BCUT2D eigenvalue weighted by molar-refractivity contribution is 0.595. The molecule has 1 heterocycles. The Kier molecular flexibility index (Phi) is 4.21. The minimum atomic E-state index is -3.82. The minimum Gasteiger partial charge on any atom is -0.383 e. The number of nitrogens with zero attached hydrogens (tertiary/aromatic N) is 2. The van der Waals surface area contributed by atoms with Gasteiger partial charge in [0.2, 0.25) is 0 Å². The van der Waals surface area contributed by atoms with Crippen LogP contribution in [0.3, 0.4) is 0 Å². The van der Waals surface area contributed by atoms with Crippen LogP contribution in [0.5, 0.6) is 0 Å². The smallest absolute Gasteiger partial charge is 0.275 e. The van der Waals surface area contributed by atoms with Crippen LogP contribution in [0.2, 0.25) is 0 Å². The van der Waals surface area contributed by atoms with Crippen LogP contribution in [0.4, 0.5) is 5.82 Å². The van der Waals surface area contributed by atoms with E-state index in [2.05, 4.69) is 4.83 Å². The first-order valence-corrected chi connectivity index (χ1v) is 8.96. The number of nitrogen functional groups attached to an aromatic ring is 1. The van der Waals surface area contributed by atoms with Gasteiger partial charge in [0.1, 0.15) is 17.5 Å². The second kappa shape index (κ2) is 6.34. The summed E-state index contributed by atoms with van der Waals surface area (Å²) in [5.74, 6) is 0.0389. The molecule has 6 nitrogen and oxygen atoms in total. The van der Waals surface area contributed by atoms with E-state index in [1.807, 2.05) is 43.3 Å². The molecule has 3 aromatic rings. The monoisotopic (exact) mass is 352 g/mol. The van der Waals surface area contributed by atoms with Gasteiger partial charge >= 0.3 is 0 Å². The number of nitriles is 1. The molecule has 0 spiro atoms. The summed E-state index contributed by atoms with van der Waals surface area (Å²) in [6.45, 7) is 1.87. The van der Waals surface area contributed by atoms with E-state index in [0.717, 1.165) is 15.8 Å². The largest absolute Gasteiger partial charge is 0.383 e. The van der Waals surface area contributed by atoms with E-state index in [9.17, 15) is 13.7 Å². The predicted molar refractivity (Wildman–Crippen MR) is 96.7 cm³/mol. The zero-order valence-corrected chi connectivity index (χ0v) is 14.3. The van der Waals surface area contributed by atoms with Gasteiger partial charge in [0.15, 0.2) is 0 Å². The van der Waals surface area contributed by atoms with Gasteiger partial charge in [-0.1, -0.05) is 48.0 Å². The maximum Gasteiger partial charge on any atom is 0.275 e. The molecule has 7 heteroatoms. The van der Waals surface area contributed by atoms with Crippen LogP contribution in [0.1, 0.15) is 11.1 Å². The molecule has 3 N–H and O–H groups in total. The van der Waals surface area contributed by atoms with Gasteiger partial charge in [0.05, 0.1) is 4.90 Å². The Labute approximate surface area is 146 Å². The highest BCUT2D eigenvalue weighted by Crippen LogP contribution is 2.29. The number of rotatable bonds is 4. The van der Waals surface area contributed by atoms with Crippen molar-refractivity contribution in [3.63, 3.8) is 0 Å². The van der Waals surface area contributed by atoms with Crippen LogP contribution in [0, 0.1) is 18.3 Å². The van der Waals surface area contributed by atoms with Crippen molar-refractivity contribution < 1.29 is 8.42 Å². The lowest BCUT2D eigenvalue weighted by atomic mass is 10.1. The summed E-state index contributed by atoms with van der Waals surface area (Å²) in [6, 6.07) is 17.7. The Balaban J connectivity index is 2.03. The van der Waals surface area contributed by atoms with Crippen LogP contribution in [-0.4, -0.2) is 13.1 Å². The molecular weight excluding hydrogens is 336 g/mol. The average Bonchev–Trinajstić information content (AvgIpc) is 2.91. The highest BCUT2D eigenvalue weighted by molar-refractivity contribution is 7.92. The van der Waals surface area contributed by atoms with Crippen LogP contribution >= 0.6 is 0 Å². The Morgan fingerprint density at radius 1 is 1.08 bits per heavy atom. The van der Waals surface area contributed by atoms with E-state index in [4.69, 9.17) is 5.73 Å². The normalized spacial score (nSPS) is 11.0. The minimum absolute atomic E-state index is 0.0389. The molecule has 0 atom stereocenters. The second-order valence-corrected chi connectivity index (χ2v) is 7.22. The van der Waals surface area contributed by atoms with Gasteiger partial charge in [-0.15, -0.1) is 0 Å². The van der Waals surface area contributed by atoms with Crippen LogP contribution in [0.15, 0.2) is 65.7 Å². The molecule has 0 aliphatic carbocycles. The molecule has 0 amide bonds. The molecule has 0 saturated carbocycles. The fraction of sp³-hybridized carbons (Fsp3) is 0.0556. The first-order valence-electron chi connectivity index (χ1n) is 7.48. The number of hydrogen-bond donors (Lipinski definition) is 2. The van der Waals surface area contributed by atoms with Crippen LogP contribution in [-0.2, 0) is 10.0 Å². The Hall–Kier alpha value is -3.24. The number of hydrogen-bond acceptors (Lipinski definition) is 4. The Bertz CT molecular complexity index is 1050. The molecule has 0 fully saturated rings. The number of nitrogens with one attached hydrogen (secondary N) is 1. The number of benzene rings is 2. The molecule has 25 heavy (non-hydrogen) atoms. The van der Waals surface area contributed by atoms with Gasteiger partial charge in [-0.05, 0) is 24.6 Å². The van der Waals surface area contributed by atoms with E-state index in [1.54, 1.807) is 12.1 Å². The van der Waals surface area contributed by atoms with Gasteiger partial charge in [-0.3, -0.25) is 0 Å². The first-order chi connectivity index (χ1) is 11.9. The van der Waals surface area contributed by atoms with E-state index in [0.29, 0.717) is 5.56 Å². The summed E-state index contributed by atoms with van der Waals surface area (Å²) < 4.78 is 26.2. The van der Waals surface area contributed by atoms with Gasteiger partial charge in [-0.2, -0.15) is 13.7 Å². The number of anilines is 1. The number of aryl methyl sites for hydroxylation is 1. The summed E-state index contributed by atoms with van der Waals surface area (Å²) in [5.41, 5.74) is 8.49. The predicted octanol–water partition coefficient (Wildman–Crippen LogP) is 2.85. The second-order valence-electron chi connectivity index (χ2n) is 5.56. The maximum atomic E-state index is 12.5. The third kappa shape index (κ3) is 3.20. The van der Waals surface area contributed by atoms with Crippen molar-refractivity contribution in [2.75, 3.05) is 10.6 Å². The first kappa shape index (κ1) is 16.6. The molecule has 3 rings (SSSR count). The van der Waals surface area contributed by atoms with E-state index in [-0.39, 0.29) is 16.3 Å². The third-order valence-electron chi connectivity index (χ3n) is 3.79. The van der Waals surface area contributed by atoms with Crippen LogP contribution in [0.25, 0.3) is 11.1 Å². The van der Waals surface area contributed by atoms with Crippen molar-refractivity contribution in [3.05, 3.63) is 71.9 Å². The van der Waals surface area contributed by atoms with Gasteiger partial charge < -0.3 is 5.73 Å².